The fourth-order valence-corrected chi connectivity index (χ4v) is 4.96. The summed E-state index contributed by atoms with van der Waals surface area (Å²) in [4.78, 5) is 13.3. The number of amides is 1. The van der Waals surface area contributed by atoms with Crippen LogP contribution in [0.5, 0.6) is 5.75 Å². The van der Waals surface area contributed by atoms with Crippen molar-refractivity contribution in [3.63, 3.8) is 0 Å². The molecule has 1 amide bonds. The first-order valence-electron chi connectivity index (χ1n) is 11.4. The second-order valence-corrected chi connectivity index (χ2v) is 10.00. The van der Waals surface area contributed by atoms with Gasteiger partial charge in [-0.05, 0) is 73.2 Å². The Kier molecular flexibility index (Phi) is 8.85. The summed E-state index contributed by atoms with van der Waals surface area (Å²) in [5.41, 5.74) is 3.38. The van der Waals surface area contributed by atoms with Crippen LogP contribution in [-0.2, 0) is 27.7 Å². The number of rotatable bonds is 11. The zero-order valence-corrected chi connectivity index (χ0v) is 20.7. The molecule has 0 bridgehead atoms. The topological polar surface area (TPSA) is 84.5 Å². The molecule has 0 aliphatic heterocycles. The minimum Gasteiger partial charge on any atom is -0.496 e. The lowest BCUT2D eigenvalue weighted by Gasteiger charge is -2.19. The summed E-state index contributed by atoms with van der Waals surface area (Å²) in [7, 11) is -2.41. The van der Waals surface area contributed by atoms with Crippen LogP contribution in [0, 0.1) is 6.92 Å². The molecule has 0 radical (unpaired) electrons. The normalized spacial score (nSPS) is 12.2. The Morgan fingerprint density at radius 3 is 2.29 bits per heavy atom. The lowest BCUT2D eigenvalue weighted by atomic mass is 10.1. The summed E-state index contributed by atoms with van der Waals surface area (Å²) in [5, 5.41) is 2.86. The van der Waals surface area contributed by atoms with Crippen molar-refractivity contribution in [1.82, 2.24) is 4.72 Å². The molecule has 180 valence electrons. The van der Waals surface area contributed by atoms with Gasteiger partial charge < -0.3 is 10.1 Å². The Balaban J connectivity index is 1.81. The Morgan fingerprint density at radius 2 is 1.68 bits per heavy atom. The number of sulfonamides is 1. The van der Waals surface area contributed by atoms with Gasteiger partial charge in [0.1, 0.15) is 11.8 Å². The molecule has 0 aromatic heterocycles. The summed E-state index contributed by atoms with van der Waals surface area (Å²) < 4.78 is 34.1. The maximum atomic E-state index is 13.2. The summed E-state index contributed by atoms with van der Waals surface area (Å²) in [6, 6.07) is 20.6. The van der Waals surface area contributed by atoms with Crippen LogP contribution in [-0.4, -0.2) is 27.5 Å². The van der Waals surface area contributed by atoms with Gasteiger partial charge in [-0.15, -0.1) is 0 Å². The number of aryl methyl sites for hydroxylation is 2. The van der Waals surface area contributed by atoms with Crippen LogP contribution in [0.2, 0.25) is 0 Å². The van der Waals surface area contributed by atoms with Gasteiger partial charge in [-0.1, -0.05) is 55.8 Å². The molecular weight excluding hydrogens is 448 g/mol. The average Bonchev–Trinajstić information content (AvgIpc) is 2.83. The van der Waals surface area contributed by atoms with Gasteiger partial charge in [-0.2, -0.15) is 4.72 Å². The molecule has 0 saturated heterocycles. The number of ether oxygens (including phenoxy) is 1. The Morgan fingerprint density at radius 1 is 0.971 bits per heavy atom. The third-order valence-corrected chi connectivity index (χ3v) is 7.08. The molecule has 6 nitrogen and oxygen atoms in total. The molecule has 0 fully saturated rings. The van der Waals surface area contributed by atoms with Gasteiger partial charge in [-0.25, -0.2) is 8.42 Å². The number of nitrogens with one attached hydrogen (secondary N) is 2. The highest BCUT2D eigenvalue weighted by atomic mass is 32.2. The van der Waals surface area contributed by atoms with E-state index in [4.69, 9.17) is 4.74 Å². The predicted molar refractivity (Wildman–Crippen MR) is 136 cm³/mol. The van der Waals surface area contributed by atoms with Crippen molar-refractivity contribution in [3.05, 3.63) is 89.5 Å². The van der Waals surface area contributed by atoms with Crippen LogP contribution in [0.4, 0.5) is 5.69 Å². The molecule has 3 rings (SSSR count). The van der Waals surface area contributed by atoms with Crippen molar-refractivity contribution in [1.29, 1.82) is 0 Å². The summed E-state index contributed by atoms with van der Waals surface area (Å²) in [6.07, 6.45) is 3.43. The van der Waals surface area contributed by atoms with E-state index >= 15 is 0 Å². The first-order valence-corrected chi connectivity index (χ1v) is 12.9. The zero-order valence-electron chi connectivity index (χ0n) is 19.9. The number of carbonyl (C=O) groups is 1. The van der Waals surface area contributed by atoms with Gasteiger partial charge in [0.25, 0.3) is 0 Å². The number of unbranched alkanes of at least 4 members (excludes halogenated alkanes) is 1. The Bertz CT molecular complexity index is 1190. The number of carbonyl (C=O) groups excluding carboxylic acids is 1. The molecule has 0 unspecified atom stereocenters. The molecule has 7 heteroatoms. The van der Waals surface area contributed by atoms with Crippen LogP contribution in [0.3, 0.4) is 0 Å². The fraction of sp³-hybridized carbons (Fsp3) is 0.296. The van der Waals surface area contributed by atoms with E-state index in [-0.39, 0.29) is 11.3 Å². The van der Waals surface area contributed by atoms with E-state index in [1.165, 1.54) is 24.8 Å². The molecule has 0 heterocycles. The molecule has 2 N–H and O–H groups in total. The Labute approximate surface area is 202 Å². The average molecular weight is 481 g/mol. The van der Waals surface area contributed by atoms with Gasteiger partial charge in [-0.3, -0.25) is 4.79 Å². The lowest BCUT2D eigenvalue weighted by molar-refractivity contribution is -0.117. The minimum absolute atomic E-state index is 0.0805. The Hall–Kier alpha value is -3.16. The molecule has 3 aromatic rings. The smallest absolute Gasteiger partial charge is 0.242 e. The van der Waals surface area contributed by atoms with Crippen LogP contribution in [0.15, 0.2) is 77.7 Å². The SMILES string of the molecule is CCCCc1ccc(NC(=O)[C@@H](Cc2ccccc2)NS(=O)(=O)c2ccc(OC)c(C)c2)cc1. The standard InChI is InChI=1S/C27H32N2O4S/c1-4-5-9-21-12-14-23(15-13-21)28-27(30)25(19-22-10-7-6-8-11-22)29-34(31,32)24-16-17-26(33-3)20(2)18-24/h6-8,10-18,25,29H,4-5,9,19H2,1-3H3,(H,28,30)/t25-/m1/s1. The fourth-order valence-electron chi connectivity index (χ4n) is 3.68. The van der Waals surface area contributed by atoms with Crippen molar-refractivity contribution in [2.45, 2.75) is 50.5 Å². The monoisotopic (exact) mass is 480 g/mol. The van der Waals surface area contributed by atoms with E-state index in [0.29, 0.717) is 17.0 Å². The molecule has 34 heavy (non-hydrogen) atoms. The predicted octanol–water partition coefficient (Wildman–Crippen LogP) is 4.87. The molecule has 0 spiro atoms. The minimum atomic E-state index is -3.95. The molecule has 3 aromatic carbocycles. The van der Waals surface area contributed by atoms with Crippen LogP contribution in [0.1, 0.15) is 36.5 Å². The molecule has 0 aliphatic rings. The van der Waals surface area contributed by atoms with Gasteiger partial charge in [0.2, 0.25) is 15.9 Å². The van der Waals surface area contributed by atoms with E-state index < -0.39 is 22.0 Å². The van der Waals surface area contributed by atoms with Crippen molar-refractivity contribution >= 4 is 21.6 Å². The highest BCUT2D eigenvalue weighted by Crippen LogP contribution is 2.22. The van der Waals surface area contributed by atoms with Crippen molar-refractivity contribution < 1.29 is 17.9 Å². The van der Waals surface area contributed by atoms with E-state index in [2.05, 4.69) is 17.0 Å². The summed E-state index contributed by atoms with van der Waals surface area (Å²) >= 11 is 0. The van der Waals surface area contributed by atoms with Crippen LogP contribution in [0.25, 0.3) is 0 Å². The summed E-state index contributed by atoms with van der Waals surface area (Å²) in [5.74, 6) is 0.180. The van der Waals surface area contributed by atoms with Crippen LogP contribution >= 0.6 is 0 Å². The van der Waals surface area contributed by atoms with Gasteiger partial charge in [0, 0.05) is 5.69 Å². The maximum Gasteiger partial charge on any atom is 0.242 e. The molecular formula is C27H32N2O4S. The molecule has 0 aliphatic carbocycles. The zero-order chi connectivity index (χ0) is 24.6. The van der Waals surface area contributed by atoms with Crippen molar-refractivity contribution in [2.75, 3.05) is 12.4 Å². The lowest BCUT2D eigenvalue weighted by Crippen LogP contribution is -2.45. The maximum absolute atomic E-state index is 13.2. The quantitative estimate of drug-likeness (QED) is 0.410. The van der Waals surface area contributed by atoms with Crippen LogP contribution < -0.4 is 14.8 Å². The van der Waals surface area contributed by atoms with Crippen molar-refractivity contribution in [2.24, 2.45) is 0 Å². The highest BCUT2D eigenvalue weighted by molar-refractivity contribution is 7.89. The molecule has 0 saturated carbocycles. The van der Waals surface area contributed by atoms with E-state index in [1.54, 1.807) is 13.0 Å². The summed E-state index contributed by atoms with van der Waals surface area (Å²) in [6.45, 7) is 3.92. The number of hydrogen-bond donors (Lipinski definition) is 2. The number of anilines is 1. The van der Waals surface area contributed by atoms with E-state index in [0.717, 1.165) is 24.8 Å². The second-order valence-electron chi connectivity index (χ2n) is 8.28. The second kappa shape index (κ2) is 11.8. The van der Waals surface area contributed by atoms with E-state index in [1.807, 2.05) is 54.6 Å². The third-order valence-electron chi connectivity index (χ3n) is 5.61. The first kappa shape index (κ1) is 25.5. The van der Waals surface area contributed by atoms with E-state index in [9.17, 15) is 13.2 Å². The number of methoxy groups -OCH3 is 1. The van der Waals surface area contributed by atoms with Gasteiger partial charge in [0.05, 0.1) is 12.0 Å². The number of hydrogen-bond acceptors (Lipinski definition) is 4. The number of benzene rings is 3. The molecule has 1 atom stereocenters. The highest BCUT2D eigenvalue weighted by Gasteiger charge is 2.26. The third kappa shape index (κ3) is 6.92. The van der Waals surface area contributed by atoms with Gasteiger partial charge >= 0.3 is 0 Å². The largest absolute Gasteiger partial charge is 0.496 e. The first-order chi connectivity index (χ1) is 16.3. The van der Waals surface area contributed by atoms with Crippen molar-refractivity contribution in [3.8, 4) is 5.75 Å². The van der Waals surface area contributed by atoms with Gasteiger partial charge in [0.15, 0.2) is 0 Å².